The van der Waals surface area contributed by atoms with E-state index in [1.54, 1.807) is 28.3 Å². The summed E-state index contributed by atoms with van der Waals surface area (Å²) in [7, 11) is 3.60. The number of aryl methyl sites for hydroxylation is 1. The van der Waals surface area contributed by atoms with Crippen LogP contribution in [0.1, 0.15) is 26.8 Å². The van der Waals surface area contributed by atoms with Gasteiger partial charge in [-0.25, -0.2) is 9.97 Å². The molecule has 28 heavy (non-hydrogen) atoms. The molecule has 0 aliphatic carbocycles. The van der Waals surface area contributed by atoms with Gasteiger partial charge in [-0.15, -0.1) is 22.7 Å². The number of hydrogen-bond donors (Lipinski definition) is 3. The summed E-state index contributed by atoms with van der Waals surface area (Å²) < 4.78 is 2.60. The standard InChI is InChI=1S/C17H20N8OS2/c1-24(7-12-16(20)27-9-21-12)22-6-11-13(8-26)25(2)17-15(11)28-14(23-17)5-10(19)3-4-18/h3-4,6,8-9,19H,5,7,18,20H2,1-2H3/b4-3-,19-10?,22-6-. The summed E-state index contributed by atoms with van der Waals surface area (Å²) in [5, 5.41) is 15.5. The van der Waals surface area contributed by atoms with Gasteiger partial charge in [-0.1, -0.05) is 0 Å². The van der Waals surface area contributed by atoms with E-state index in [0.717, 1.165) is 21.7 Å². The highest BCUT2D eigenvalue weighted by molar-refractivity contribution is 7.19. The lowest BCUT2D eigenvalue weighted by Gasteiger charge is -2.11. The average molecular weight is 417 g/mol. The Morgan fingerprint density at radius 3 is 2.93 bits per heavy atom. The van der Waals surface area contributed by atoms with Crippen molar-refractivity contribution in [2.24, 2.45) is 17.9 Å². The Bertz CT molecular complexity index is 1070. The fourth-order valence-corrected chi connectivity index (χ4v) is 4.34. The highest BCUT2D eigenvalue weighted by atomic mass is 32.1. The lowest BCUT2D eigenvalue weighted by Crippen LogP contribution is -2.12. The number of aldehydes is 1. The number of nitrogens with one attached hydrogen (secondary N) is 1. The van der Waals surface area contributed by atoms with Crippen molar-refractivity contribution in [1.29, 1.82) is 5.41 Å². The third kappa shape index (κ3) is 3.94. The summed E-state index contributed by atoms with van der Waals surface area (Å²) in [4.78, 5) is 20.4. The summed E-state index contributed by atoms with van der Waals surface area (Å²) in [6.45, 7) is 0.467. The van der Waals surface area contributed by atoms with Gasteiger partial charge >= 0.3 is 0 Å². The van der Waals surface area contributed by atoms with Gasteiger partial charge in [0, 0.05) is 31.8 Å². The van der Waals surface area contributed by atoms with E-state index in [0.29, 0.717) is 40.6 Å². The van der Waals surface area contributed by atoms with E-state index in [1.807, 2.05) is 7.05 Å². The number of nitrogen functional groups attached to an aromatic ring is 1. The van der Waals surface area contributed by atoms with Gasteiger partial charge in [-0.2, -0.15) is 5.10 Å². The van der Waals surface area contributed by atoms with Crippen LogP contribution in [-0.4, -0.2) is 44.8 Å². The van der Waals surface area contributed by atoms with Gasteiger partial charge in [0.25, 0.3) is 0 Å². The molecule has 3 rings (SSSR count). The number of nitrogens with zero attached hydrogens (tertiary/aromatic N) is 5. The van der Waals surface area contributed by atoms with Crippen LogP contribution < -0.4 is 11.5 Å². The van der Waals surface area contributed by atoms with E-state index in [9.17, 15) is 4.79 Å². The van der Waals surface area contributed by atoms with Crippen LogP contribution in [0.2, 0.25) is 0 Å². The zero-order valence-electron chi connectivity index (χ0n) is 15.4. The van der Waals surface area contributed by atoms with Gasteiger partial charge in [0.1, 0.15) is 10.0 Å². The first-order valence-corrected chi connectivity index (χ1v) is 9.96. The third-order valence-electron chi connectivity index (χ3n) is 4.04. The highest BCUT2D eigenvalue weighted by Crippen LogP contribution is 2.29. The molecule has 0 aromatic carbocycles. The van der Waals surface area contributed by atoms with Crippen LogP contribution in [0, 0.1) is 5.41 Å². The predicted octanol–water partition coefficient (Wildman–Crippen LogP) is 1.99. The minimum Gasteiger partial charge on any atom is -0.405 e. The number of rotatable bonds is 8. The summed E-state index contributed by atoms with van der Waals surface area (Å²) in [6, 6.07) is 0. The van der Waals surface area contributed by atoms with Crippen molar-refractivity contribution in [3.05, 3.63) is 39.7 Å². The van der Waals surface area contributed by atoms with Gasteiger partial charge in [-0.05, 0) is 12.3 Å². The number of carbonyl (C=O) groups excluding carboxylic acids is 1. The second kappa shape index (κ2) is 8.31. The van der Waals surface area contributed by atoms with Crippen LogP contribution in [0.4, 0.5) is 5.00 Å². The van der Waals surface area contributed by atoms with Crippen LogP contribution in [0.3, 0.4) is 0 Å². The molecule has 5 N–H and O–H groups in total. The Labute approximate surface area is 169 Å². The Hall–Kier alpha value is -3.05. The molecule has 0 amide bonds. The number of aromatic nitrogens is 3. The van der Waals surface area contributed by atoms with Crippen LogP contribution in [0.15, 0.2) is 22.9 Å². The molecule has 0 fully saturated rings. The number of carbonyl (C=O) groups is 1. The molecular formula is C17H20N8OS2. The van der Waals surface area contributed by atoms with Crippen LogP contribution in [0.5, 0.6) is 0 Å². The fourth-order valence-electron chi connectivity index (χ4n) is 2.66. The number of hydrazone groups is 1. The number of anilines is 1. The van der Waals surface area contributed by atoms with Crippen molar-refractivity contribution in [2.45, 2.75) is 13.0 Å². The predicted molar refractivity (Wildman–Crippen MR) is 114 cm³/mol. The smallest absolute Gasteiger partial charge is 0.167 e. The van der Waals surface area contributed by atoms with Gasteiger partial charge in [0.2, 0.25) is 0 Å². The molecular weight excluding hydrogens is 396 g/mol. The molecule has 0 saturated heterocycles. The molecule has 0 unspecified atom stereocenters. The number of nitrogens with two attached hydrogens (primary N) is 2. The minimum atomic E-state index is 0.368. The number of hydrogen-bond acceptors (Lipinski definition) is 10. The van der Waals surface area contributed by atoms with E-state index in [1.165, 1.54) is 34.9 Å². The van der Waals surface area contributed by atoms with E-state index < -0.39 is 0 Å². The summed E-state index contributed by atoms with van der Waals surface area (Å²) in [5.74, 6) is 0. The molecule has 3 aromatic heterocycles. The molecule has 0 saturated carbocycles. The Kier molecular flexibility index (Phi) is 5.85. The molecule has 11 heteroatoms. The topological polar surface area (TPSA) is 139 Å². The van der Waals surface area contributed by atoms with Crippen molar-refractivity contribution in [2.75, 3.05) is 12.8 Å². The number of thiazole rings is 2. The van der Waals surface area contributed by atoms with Crippen molar-refractivity contribution < 1.29 is 4.79 Å². The molecule has 0 atom stereocenters. The zero-order valence-corrected chi connectivity index (χ0v) is 17.0. The molecule has 0 spiro atoms. The quantitative estimate of drug-likeness (QED) is 0.291. The largest absolute Gasteiger partial charge is 0.405 e. The first-order chi connectivity index (χ1) is 13.4. The van der Waals surface area contributed by atoms with Crippen LogP contribution in [0.25, 0.3) is 10.3 Å². The van der Waals surface area contributed by atoms with Crippen molar-refractivity contribution in [3.8, 4) is 0 Å². The monoisotopic (exact) mass is 416 g/mol. The van der Waals surface area contributed by atoms with Crippen LogP contribution >= 0.6 is 22.7 Å². The Morgan fingerprint density at radius 1 is 1.50 bits per heavy atom. The second-order valence-electron chi connectivity index (χ2n) is 6.02. The van der Waals surface area contributed by atoms with E-state index in [4.69, 9.17) is 16.9 Å². The molecule has 0 aliphatic heterocycles. The molecule has 9 nitrogen and oxygen atoms in total. The van der Waals surface area contributed by atoms with Gasteiger partial charge in [0.05, 0.1) is 34.4 Å². The first kappa shape index (κ1) is 19.7. The lowest BCUT2D eigenvalue weighted by molar-refractivity contribution is 0.111. The maximum Gasteiger partial charge on any atom is 0.167 e. The summed E-state index contributed by atoms with van der Waals surface area (Å²) in [6.07, 6.45) is 5.70. The number of allylic oxidation sites excluding steroid dienone is 1. The van der Waals surface area contributed by atoms with Gasteiger partial charge in [-0.3, -0.25) is 9.80 Å². The highest BCUT2D eigenvalue weighted by Gasteiger charge is 2.18. The summed E-state index contributed by atoms with van der Waals surface area (Å²) in [5.41, 5.74) is 15.9. The van der Waals surface area contributed by atoms with Crippen LogP contribution in [-0.2, 0) is 20.0 Å². The number of fused-ring (bicyclic) bond motifs is 1. The Balaban J connectivity index is 1.90. The SMILES string of the molecule is CN(Cc1ncsc1N)/N=C\c1c(C=O)n(C)c2nc(CC(=N)/C=C\N)sc12. The molecule has 0 bridgehead atoms. The molecule has 3 aromatic rings. The van der Waals surface area contributed by atoms with Crippen molar-refractivity contribution in [3.63, 3.8) is 0 Å². The minimum absolute atomic E-state index is 0.368. The van der Waals surface area contributed by atoms with Crippen molar-refractivity contribution >= 4 is 56.2 Å². The fraction of sp³-hybridized carbons (Fsp3) is 0.235. The van der Waals surface area contributed by atoms with E-state index in [2.05, 4.69) is 15.1 Å². The lowest BCUT2D eigenvalue weighted by atomic mass is 10.3. The zero-order chi connectivity index (χ0) is 20.3. The molecule has 3 heterocycles. The third-order valence-corrected chi connectivity index (χ3v) is 5.82. The van der Waals surface area contributed by atoms with E-state index >= 15 is 0 Å². The summed E-state index contributed by atoms with van der Waals surface area (Å²) >= 11 is 2.83. The van der Waals surface area contributed by atoms with E-state index in [-0.39, 0.29) is 0 Å². The normalized spacial score (nSPS) is 11.8. The molecule has 146 valence electrons. The average Bonchev–Trinajstić information content (AvgIpc) is 3.30. The Morgan fingerprint density at radius 2 is 2.29 bits per heavy atom. The molecule has 0 aliphatic rings. The maximum absolute atomic E-state index is 11.6. The second-order valence-corrected chi connectivity index (χ2v) is 7.99. The van der Waals surface area contributed by atoms with Crippen molar-refractivity contribution in [1.82, 2.24) is 19.5 Å². The molecule has 0 radical (unpaired) electrons. The van der Waals surface area contributed by atoms with Gasteiger partial charge < -0.3 is 21.4 Å². The van der Waals surface area contributed by atoms with Gasteiger partial charge in [0.15, 0.2) is 11.9 Å². The first-order valence-electron chi connectivity index (χ1n) is 8.26. The maximum atomic E-state index is 11.6.